The van der Waals surface area contributed by atoms with Crippen molar-refractivity contribution in [1.29, 1.82) is 0 Å². The predicted molar refractivity (Wildman–Crippen MR) is 135 cm³/mol. The number of hydrogen-bond acceptors (Lipinski definition) is 6. The molecule has 14 heteroatoms. The van der Waals surface area contributed by atoms with Gasteiger partial charge in [-0.25, -0.2) is 14.8 Å². The zero-order chi connectivity index (χ0) is 28.2. The Bertz CT molecular complexity index is 1480. The van der Waals surface area contributed by atoms with Gasteiger partial charge in [0.05, 0.1) is 10.7 Å². The molecule has 200 valence electrons. The number of aliphatic carboxylic acids is 1. The van der Waals surface area contributed by atoms with Gasteiger partial charge in [-0.3, -0.25) is 14.2 Å². The Kier molecular flexibility index (Phi) is 8.92. The van der Waals surface area contributed by atoms with Gasteiger partial charge < -0.3 is 15.7 Å². The molecule has 3 heterocycles. The van der Waals surface area contributed by atoms with Crippen LogP contribution in [0.1, 0.15) is 27.3 Å². The minimum absolute atomic E-state index is 0.220. The Balaban J connectivity index is 0.000000505. The summed E-state index contributed by atoms with van der Waals surface area (Å²) in [6.07, 6.45) is -0.0178. The normalized spacial score (nSPS) is 11.2. The number of halogens is 5. The Morgan fingerprint density at radius 2 is 1.76 bits per heavy atom. The summed E-state index contributed by atoms with van der Waals surface area (Å²) in [6, 6.07) is 9.00. The van der Waals surface area contributed by atoms with Crippen molar-refractivity contribution in [2.24, 2.45) is 5.73 Å². The van der Waals surface area contributed by atoms with Gasteiger partial charge in [0.25, 0.3) is 5.91 Å². The predicted octanol–water partition coefficient (Wildman–Crippen LogP) is 4.77. The van der Waals surface area contributed by atoms with Gasteiger partial charge in [0.1, 0.15) is 5.69 Å². The number of nitrogens with two attached hydrogens (primary N) is 1. The largest absolute Gasteiger partial charge is 0.490 e. The van der Waals surface area contributed by atoms with Gasteiger partial charge in [-0.2, -0.15) is 13.2 Å². The highest BCUT2D eigenvalue weighted by Gasteiger charge is 2.38. The van der Waals surface area contributed by atoms with Crippen molar-refractivity contribution in [1.82, 2.24) is 24.3 Å². The summed E-state index contributed by atoms with van der Waals surface area (Å²) < 4.78 is 33.5. The number of amides is 1. The molecule has 1 aromatic carbocycles. The summed E-state index contributed by atoms with van der Waals surface area (Å²) >= 11 is 12.6. The third-order valence-corrected chi connectivity index (χ3v) is 5.83. The van der Waals surface area contributed by atoms with E-state index in [0.717, 1.165) is 28.1 Å². The van der Waals surface area contributed by atoms with Crippen molar-refractivity contribution >= 4 is 40.9 Å². The van der Waals surface area contributed by atoms with Gasteiger partial charge in [0, 0.05) is 60.6 Å². The van der Waals surface area contributed by atoms with Crippen LogP contribution in [0.2, 0.25) is 10.0 Å². The lowest BCUT2D eigenvalue weighted by atomic mass is 10.0. The molecule has 0 saturated carbocycles. The number of carbonyl (C=O) groups is 2. The fraction of sp³-hybridized carbons (Fsp3) is 0.208. The maximum Gasteiger partial charge on any atom is 0.490 e. The van der Waals surface area contributed by atoms with Crippen LogP contribution >= 0.6 is 23.2 Å². The number of benzene rings is 1. The third-order valence-electron chi connectivity index (χ3n) is 5.29. The monoisotopic (exact) mass is 568 g/mol. The molecule has 3 aromatic heterocycles. The molecule has 4 aromatic rings. The van der Waals surface area contributed by atoms with Gasteiger partial charge >= 0.3 is 12.1 Å². The number of hydrogen-bond donors (Lipinski definition) is 2. The molecule has 0 bridgehead atoms. The van der Waals surface area contributed by atoms with E-state index < -0.39 is 12.1 Å². The van der Waals surface area contributed by atoms with E-state index in [1.165, 1.54) is 0 Å². The molecule has 0 aliphatic rings. The first-order valence-corrected chi connectivity index (χ1v) is 11.6. The molecule has 1 amide bonds. The molecule has 0 radical (unpaired) electrons. The standard InChI is InChI=1S/C22H20Cl2N6O.C2HF3O2/c1-13-17(10-25)20(16-4-3-15(23)9-18(16)24)30-12-19(28-22(30)27-13)21(31)29(2)11-14-5-7-26-8-6-14;3-2(4,5)1(6)7/h3-9,12H,10-11,25H2,1-2H3;(H,6,7). The Labute approximate surface area is 224 Å². The van der Waals surface area contributed by atoms with Crippen molar-refractivity contribution < 1.29 is 27.9 Å². The topological polar surface area (TPSA) is 127 Å². The molecule has 9 nitrogen and oxygen atoms in total. The maximum absolute atomic E-state index is 13.1. The number of alkyl halides is 3. The highest BCUT2D eigenvalue weighted by atomic mass is 35.5. The molecule has 0 saturated heterocycles. The summed E-state index contributed by atoms with van der Waals surface area (Å²) in [5, 5.41) is 8.13. The number of aryl methyl sites for hydroxylation is 1. The number of carboxylic acids is 1. The van der Waals surface area contributed by atoms with Crippen LogP contribution in [0.3, 0.4) is 0 Å². The minimum Gasteiger partial charge on any atom is -0.475 e. The molecule has 3 N–H and O–H groups in total. The van der Waals surface area contributed by atoms with Crippen molar-refractivity contribution in [3.63, 3.8) is 0 Å². The van der Waals surface area contributed by atoms with Crippen molar-refractivity contribution in [2.45, 2.75) is 26.2 Å². The molecule has 0 aliphatic carbocycles. The molecular weight excluding hydrogens is 548 g/mol. The Hall–Kier alpha value is -3.74. The molecule has 38 heavy (non-hydrogen) atoms. The Morgan fingerprint density at radius 3 is 2.32 bits per heavy atom. The van der Waals surface area contributed by atoms with Crippen molar-refractivity contribution in [2.75, 3.05) is 7.05 Å². The van der Waals surface area contributed by atoms with E-state index in [9.17, 15) is 18.0 Å². The SMILES string of the molecule is Cc1nc2nc(C(=O)N(C)Cc3ccncc3)cn2c(-c2ccc(Cl)cc2Cl)c1CN.O=C(O)C(F)(F)F. The second kappa shape index (κ2) is 11.8. The number of pyridine rings is 1. The number of carbonyl (C=O) groups excluding carboxylic acids is 1. The van der Waals surface area contributed by atoms with E-state index in [1.807, 2.05) is 25.1 Å². The first-order valence-electron chi connectivity index (χ1n) is 10.8. The zero-order valence-corrected chi connectivity index (χ0v) is 21.5. The van der Waals surface area contributed by atoms with Crippen LogP contribution in [0.5, 0.6) is 0 Å². The van der Waals surface area contributed by atoms with E-state index in [0.29, 0.717) is 22.4 Å². The summed E-state index contributed by atoms with van der Waals surface area (Å²) in [4.78, 5) is 36.6. The molecular formula is C24H21Cl2F3N6O3. The van der Waals surface area contributed by atoms with E-state index in [2.05, 4.69) is 15.0 Å². The first kappa shape index (κ1) is 28.8. The average molecular weight is 569 g/mol. The van der Waals surface area contributed by atoms with Gasteiger partial charge in [-0.05, 0) is 42.8 Å². The summed E-state index contributed by atoms with van der Waals surface area (Å²) in [7, 11) is 1.73. The number of carboxylic acid groups (broad SMARTS) is 1. The summed E-state index contributed by atoms with van der Waals surface area (Å²) in [5.74, 6) is -2.58. The number of aromatic nitrogens is 4. The van der Waals surface area contributed by atoms with Gasteiger partial charge in [0.15, 0.2) is 0 Å². The number of nitrogens with zero attached hydrogens (tertiary/aromatic N) is 5. The highest BCUT2D eigenvalue weighted by molar-refractivity contribution is 6.36. The summed E-state index contributed by atoms with van der Waals surface area (Å²) in [5.41, 5.74) is 10.3. The molecule has 0 atom stereocenters. The van der Waals surface area contributed by atoms with Crippen LogP contribution in [0.4, 0.5) is 13.2 Å². The lowest BCUT2D eigenvalue weighted by molar-refractivity contribution is -0.192. The molecule has 0 aliphatic heterocycles. The second-order valence-electron chi connectivity index (χ2n) is 7.97. The smallest absolute Gasteiger partial charge is 0.475 e. The van der Waals surface area contributed by atoms with Crippen molar-refractivity contribution in [3.8, 4) is 11.3 Å². The van der Waals surface area contributed by atoms with Crippen LogP contribution in [-0.4, -0.2) is 54.5 Å². The van der Waals surface area contributed by atoms with E-state index in [-0.39, 0.29) is 18.1 Å². The van der Waals surface area contributed by atoms with E-state index in [1.54, 1.807) is 47.1 Å². The molecule has 0 fully saturated rings. The van der Waals surface area contributed by atoms with E-state index in [4.69, 9.17) is 38.8 Å². The number of rotatable bonds is 5. The van der Waals surface area contributed by atoms with Crippen LogP contribution in [0.25, 0.3) is 17.0 Å². The van der Waals surface area contributed by atoms with Crippen LogP contribution in [-0.2, 0) is 17.9 Å². The molecule has 0 unspecified atom stereocenters. The average Bonchev–Trinajstić information content (AvgIpc) is 3.27. The molecule has 4 rings (SSSR count). The zero-order valence-electron chi connectivity index (χ0n) is 20.0. The van der Waals surface area contributed by atoms with Gasteiger partial charge in [-0.1, -0.05) is 23.2 Å². The van der Waals surface area contributed by atoms with Gasteiger partial charge in [0.2, 0.25) is 5.78 Å². The third kappa shape index (κ3) is 6.57. The van der Waals surface area contributed by atoms with Gasteiger partial charge in [-0.15, -0.1) is 0 Å². The fourth-order valence-corrected chi connectivity index (χ4v) is 4.00. The lowest BCUT2D eigenvalue weighted by Gasteiger charge is -2.15. The second-order valence-corrected chi connectivity index (χ2v) is 8.81. The van der Waals surface area contributed by atoms with E-state index >= 15 is 0 Å². The fourth-order valence-electron chi connectivity index (χ4n) is 3.50. The summed E-state index contributed by atoms with van der Waals surface area (Å²) in [6.45, 7) is 2.55. The maximum atomic E-state index is 13.1. The first-order chi connectivity index (χ1) is 17.8. The number of fused-ring (bicyclic) bond motifs is 1. The minimum atomic E-state index is -5.08. The number of imidazole rings is 1. The van der Waals surface area contributed by atoms with Crippen LogP contribution < -0.4 is 5.73 Å². The quantitative estimate of drug-likeness (QED) is 0.355. The highest BCUT2D eigenvalue weighted by Crippen LogP contribution is 2.34. The molecule has 0 spiro atoms. The lowest BCUT2D eigenvalue weighted by Crippen LogP contribution is -2.26. The Morgan fingerprint density at radius 1 is 1.13 bits per heavy atom. The van der Waals surface area contributed by atoms with Crippen LogP contribution in [0.15, 0.2) is 48.9 Å². The van der Waals surface area contributed by atoms with Crippen molar-refractivity contribution in [3.05, 3.63) is 81.5 Å². The van der Waals surface area contributed by atoms with Crippen LogP contribution in [0, 0.1) is 6.92 Å².